The van der Waals surface area contributed by atoms with Gasteiger partial charge in [-0.15, -0.1) is 0 Å². The molecule has 0 aliphatic rings. The van der Waals surface area contributed by atoms with Crippen LogP contribution in [-0.2, 0) is 16.1 Å². The van der Waals surface area contributed by atoms with E-state index in [9.17, 15) is 9.59 Å². The second-order valence-corrected chi connectivity index (χ2v) is 5.98. The van der Waals surface area contributed by atoms with Crippen LogP contribution < -0.4 is 11.1 Å². The number of nitrogens with one attached hydrogen (secondary N) is 1. The van der Waals surface area contributed by atoms with E-state index in [0.717, 1.165) is 5.56 Å². The Hall–Kier alpha value is -2.48. The molecule has 8 heteroatoms. The molecule has 1 heterocycles. The van der Waals surface area contributed by atoms with Crippen LogP contribution in [0.1, 0.15) is 12.1 Å². The van der Waals surface area contributed by atoms with E-state index >= 15 is 0 Å². The molecule has 0 saturated carbocycles. The Morgan fingerprint density at radius 1 is 1.38 bits per heavy atom. The maximum atomic E-state index is 12.1. The molecule has 0 radical (unpaired) electrons. The van der Waals surface area contributed by atoms with Gasteiger partial charge in [-0.2, -0.15) is 11.8 Å². The molecule has 1 aromatic carbocycles. The Balaban J connectivity index is 1.92. The van der Waals surface area contributed by atoms with E-state index in [1.807, 2.05) is 36.6 Å². The molecule has 0 bridgehead atoms. The van der Waals surface area contributed by atoms with Crippen molar-refractivity contribution in [3.05, 3.63) is 42.1 Å². The highest BCUT2D eigenvalue weighted by atomic mass is 32.2. The van der Waals surface area contributed by atoms with Crippen molar-refractivity contribution in [2.24, 2.45) is 5.73 Å². The molecule has 1 aromatic heterocycles. The fourth-order valence-electron chi connectivity index (χ4n) is 2.02. The number of aromatic nitrogens is 1. The highest BCUT2D eigenvalue weighted by Crippen LogP contribution is 2.20. The smallest absolute Gasteiger partial charge is 0.329 e. The molecule has 3 N–H and O–H groups in total. The molecule has 2 amide bonds. The lowest BCUT2D eigenvalue weighted by molar-refractivity contribution is -0.147. The average Bonchev–Trinajstić information content (AvgIpc) is 3.06. The van der Waals surface area contributed by atoms with Crippen LogP contribution in [0.4, 0.5) is 4.79 Å². The van der Waals surface area contributed by atoms with Gasteiger partial charge in [0.25, 0.3) is 0 Å². The Bertz CT molecular complexity index is 675. The quantitative estimate of drug-likeness (QED) is 0.707. The minimum atomic E-state index is -0.768. The summed E-state index contributed by atoms with van der Waals surface area (Å²) in [6, 6.07) is 9.66. The van der Waals surface area contributed by atoms with E-state index in [0.29, 0.717) is 23.6 Å². The first kappa shape index (κ1) is 17.9. The van der Waals surface area contributed by atoms with Crippen molar-refractivity contribution in [2.75, 3.05) is 12.0 Å². The third-order valence-corrected chi connectivity index (χ3v) is 3.84. The average molecular weight is 349 g/mol. The van der Waals surface area contributed by atoms with Gasteiger partial charge in [-0.1, -0.05) is 35.5 Å². The van der Waals surface area contributed by atoms with Crippen molar-refractivity contribution in [3.8, 4) is 11.3 Å². The molecule has 7 nitrogen and oxygen atoms in total. The number of primary amides is 1. The lowest BCUT2D eigenvalue weighted by atomic mass is 10.2. The summed E-state index contributed by atoms with van der Waals surface area (Å²) in [6.07, 6.45) is 2.35. The largest absolute Gasteiger partial charge is 0.458 e. The van der Waals surface area contributed by atoms with E-state index < -0.39 is 18.0 Å². The number of ether oxygens (including phenoxy) is 1. The molecule has 0 fully saturated rings. The summed E-state index contributed by atoms with van der Waals surface area (Å²) in [4.78, 5) is 23.1. The fraction of sp³-hybridized carbons (Fsp3) is 0.312. The number of carbonyl (C=O) groups excluding carboxylic acids is 2. The third kappa shape index (κ3) is 5.31. The lowest BCUT2D eigenvalue weighted by Crippen LogP contribution is -2.44. The molecule has 0 aliphatic heterocycles. The van der Waals surface area contributed by atoms with Gasteiger partial charge in [-0.3, -0.25) is 0 Å². The van der Waals surface area contributed by atoms with Crippen LogP contribution in [0.3, 0.4) is 0 Å². The minimum absolute atomic E-state index is 0.0363. The van der Waals surface area contributed by atoms with Gasteiger partial charge in [-0.05, 0) is 18.4 Å². The first-order valence-corrected chi connectivity index (χ1v) is 8.72. The van der Waals surface area contributed by atoms with Crippen molar-refractivity contribution in [1.29, 1.82) is 0 Å². The fourth-order valence-corrected chi connectivity index (χ4v) is 2.49. The summed E-state index contributed by atoms with van der Waals surface area (Å²) < 4.78 is 10.4. The van der Waals surface area contributed by atoms with Crippen molar-refractivity contribution < 1.29 is 18.8 Å². The summed E-state index contributed by atoms with van der Waals surface area (Å²) in [5, 5.41) is 6.27. The van der Waals surface area contributed by atoms with E-state index in [2.05, 4.69) is 10.5 Å². The number of benzene rings is 1. The predicted octanol–water partition coefficient (Wildman–Crippen LogP) is 2.17. The molecule has 0 saturated heterocycles. The van der Waals surface area contributed by atoms with Gasteiger partial charge in [0.05, 0.1) is 0 Å². The predicted molar refractivity (Wildman–Crippen MR) is 91.2 cm³/mol. The Labute approximate surface area is 143 Å². The molecule has 2 rings (SSSR count). The molecule has 1 atom stereocenters. The second kappa shape index (κ2) is 8.97. The maximum absolute atomic E-state index is 12.1. The number of thioether (sulfide) groups is 1. The number of hydrogen-bond donors (Lipinski definition) is 2. The topological polar surface area (TPSA) is 107 Å². The van der Waals surface area contributed by atoms with Crippen molar-refractivity contribution >= 4 is 23.8 Å². The molecular weight excluding hydrogens is 330 g/mol. The number of hydrogen-bond acceptors (Lipinski definition) is 6. The monoisotopic (exact) mass is 349 g/mol. The SMILES string of the molecule is CSCC[C@H](NC(N)=O)C(=O)OCc1cc(-c2ccccc2)on1. The van der Waals surface area contributed by atoms with Gasteiger partial charge in [0, 0.05) is 11.6 Å². The summed E-state index contributed by atoms with van der Waals surface area (Å²) >= 11 is 1.56. The van der Waals surface area contributed by atoms with Gasteiger partial charge in [0.1, 0.15) is 18.3 Å². The van der Waals surface area contributed by atoms with Gasteiger partial charge < -0.3 is 20.3 Å². The number of rotatable bonds is 8. The zero-order chi connectivity index (χ0) is 17.4. The second-order valence-electron chi connectivity index (χ2n) is 5.00. The van der Waals surface area contributed by atoms with Crippen molar-refractivity contribution in [3.63, 3.8) is 0 Å². The standard InChI is InChI=1S/C16H19N3O4S/c1-24-8-7-13(18-16(17)21)15(20)22-10-12-9-14(23-19-12)11-5-3-2-4-6-11/h2-6,9,13H,7-8,10H2,1H3,(H3,17,18,21)/t13-/m0/s1. The number of nitrogens with zero attached hydrogens (tertiary/aromatic N) is 1. The zero-order valence-corrected chi connectivity index (χ0v) is 14.0. The molecule has 128 valence electrons. The van der Waals surface area contributed by atoms with Crippen LogP contribution in [0.2, 0.25) is 0 Å². The Morgan fingerprint density at radius 2 is 2.12 bits per heavy atom. The number of amides is 2. The van der Waals surface area contributed by atoms with E-state index in [4.69, 9.17) is 15.0 Å². The summed E-state index contributed by atoms with van der Waals surface area (Å²) in [5.41, 5.74) is 6.46. The van der Waals surface area contributed by atoms with Crippen LogP contribution in [0.5, 0.6) is 0 Å². The molecular formula is C16H19N3O4S. The zero-order valence-electron chi connectivity index (χ0n) is 13.2. The molecule has 0 unspecified atom stereocenters. The first-order chi connectivity index (χ1) is 11.6. The normalized spacial score (nSPS) is 11.7. The molecule has 0 spiro atoms. The van der Waals surface area contributed by atoms with Crippen LogP contribution >= 0.6 is 11.8 Å². The Morgan fingerprint density at radius 3 is 2.79 bits per heavy atom. The van der Waals surface area contributed by atoms with Crippen LogP contribution in [0.15, 0.2) is 40.9 Å². The Kier molecular flexibility index (Phi) is 6.68. The van der Waals surface area contributed by atoms with E-state index in [1.54, 1.807) is 17.8 Å². The highest BCUT2D eigenvalue weighted by Gasteiger charge is 2.21. The number of carbonyl (C=O) groups is 2. The van der Waals surface area contributed by atoms with Gasteiger partial charge in [0.15, 0.2) is 5.76 Å². The van der Waals surface area contributed by atoms with Gasteiger partial charge >= 0.3 is 12.0 Å². The maximum Gasteiger partial charge on any atom is 0.329 e. The highest BCUT2D eigenvalue weighted by molar-refractivity contribution is 7.98. The minimum Gasteiger partial charge on any atom is -0.458 e. The van der Waals surface area contributed by atoms with Gasteiger partial charge in [-0.25, -0.2) is 9.59 Å². The van der Waals surface area contributed by atoms with E-state index in [-0.39, 0.29) is 6.61 Å². The number of urea groups is 1. The lowest BCUT2D eigenvalue weighted by Gasteiger charge is -2.15. The van der Waals surface area contributed by atoms with Crippen LogP contribution in [0, 0.1) is 0 Å². The first-order valence-electron chi connectivity index (χ1n) is 7.32. The number of esters is 1. The van der Waals surface area contributed by atoms with Crippen LogP contribution in [-0.4, -0.2) is 35.2 Å². The number of nitrogens with two attached hydrogens (primary N) is 1. The van der Waals surface area contributed by atoms with E-state index in [1.165, 1.54) is 0 Å². The van der Waals surface area contributed by atoms with Crippen molar-refractivity contribution in [2.45, 2.75) is 19.1 Å². The molecule has 2 aromatic rings. The van der Waals surface area contributed by atoms with Crippen molar-refractivity contribution in [1.82, 2.24) is 10.5 Å². The van der Waals surface area contributed by atoms with Gasteiger partial charge in [0.2, 0.25) is 0 Å². The van der Waals surface area contributed by atoms with Crippen LogP contribution in [0.25, 0.3) is 11.3 Å². The summed E-state index contributed by atoms with van der Waals surface area (Å²) in [5.74, 6) is 0.741. The molecule has 0 aliphatic carbocycles. The summed E-state index contributed by atoms with van der Waals surface area (Å²) in [6.45, 7) is -0.0363. The summed E-state index contributed by atoms with van der Waals surface area (Å²) in [7, 11) is 0. The molecule has 24 heavy (non-hydrogen) atoms. The third-order valence-electron chi connectivity index (χ3n) is 3.19.